The van der Waals surface area contributed by atoms with E-state index in [0.29, 0.717) is 32.0 Å². The molecule has 1 amide bonds. The summed E-state index contributed by atoms with van der Waals surface area (Å²) < 4.78 is 18.7. The molecule has 0 aromatic heterocycles. The van der Waals surface area contributed by atoms with Crippen LogP contribution < -0.4 is 10.1 Å². The van der Waals surface area contributed by atoms with E-state index in [-0.39, 0.29) is 29.0 Å². The van der Waals surface area contributed by atoms with Crippen LogP contribution in [0.2, 0.25) is 0 Å². The van der Waals surface area contributed by atoms with Crippen LogP contribution in [0.3, 0.4) is 0 Å². The fourth-order valence-electron chi connectivity index (χ4n) is 4.94. The van der Waals surface area contributed by atoms with Gasteiger partial charge in [0.2, 0.25) is 5.91 Å². The molecule has 1 aliphatic carbocycles. The van der Waals surface area contributed by atoms with Gasteiger partial charge in [0.1, 0.15) is 18.2 Å². The van der Waals surface area contributed by atoms with Crippen LogP contribution in [-0.4, -0.2) is 54.8 Å². The summed E-state index contributed by atoms with van der Waals surface area (Å²) in [5, 5.41) is 13.9. The third-order valence-corrected chi connectivity index (χ3v) is 6.33. The molecular formula is C23H27FN2O3. The number of hydrogen-bond acceptors (Lipinski definition) is 4. The Balaban J connectivity index is 1.40. The third-order valence-electron chi connectivity index (χ3n) is 6.33. The molecule has 2 N–H and O–H groups in total. The molecular weight excluding hydrogens is 371 g/mol. The van der Waals surface area contributed by atoms with Gasteiger partial charge >= 0.3 is 0 Å². The van der Waals surface area contributed by atoms with E-state index >= 15 is 0 Å². The number of rotatable bonds is 7. The highest BCUT2D eigenvalue weighted by Gasteiger charge is 2.70. The number of benzene rings is 2. The van der Waals surface area contributed by atoms with E-state index in [0.717, 1.165) is 6.54 Å². The number of aliphatic hydroxyl groups is 1. The smallest absolute Gasteiger partial charge is 0.216 e. The van der Waals surface area contributed by atoms with Gasteiger partial charge in [0.15, 0.2) is 0 Å². The Morgan fingerprint density at radius 3 is 2.66 bits per heavy atom. The molecule has 4 rings (SSSR count). The Labute approximate surface area is 170 Å². The zero-order valence-corrected chi connectivity index (χ0v) is 16.6. The minimum atomic E-state index is -0.447. The summed E-state index contributed by atoms with van der Waals surface area (Å²) in [6.45, 7) is 4.62. The van der Waals surface area contributed by atoms with Gasteiger partial charge in [0, 0.05) is 38.5 Å². The topological polar surface area (TPSA) is 61.8 Å². The molecule has 4 atom stereocenters. The number of nitrogens with one attached hydrogen (secondary N) is 1. The average molecular weight is 398 g/mol. The van der Waals surface area contributed by atoms with Crippen LogP contribution in [0.4, 0.5) is 4.39 Å². The van der Waals surface area contributed by atoms with Crippen molar-refractivity contribution in [3.63, 3.8) is 0 Å². The van der Waals surface area contributed by atoms with Crippen molar-refractivity contribution in [2.75, 3.05) is 32.8 Å². The van der Waals surface area contributed by atoms with Gasteiger partial charge in [-0.2, -0.15) is 0 Å². The first-order chi connectivity index (χ1) is 14.0. The lowest BCUT2D eigenvalue weighted by molar-refractivity contribution is -0.119. The number of ether oxygens (including phenoxy) is 1. The second-order valence-corrected chi connectivity index (χ2v) is 8.10. The van der Waals surface area contributed by atoms with Gasteiger partial charge in [-0.05, 0) is 41.7 Å². The van der Waals surface area contributed by atoms with Gasteiger partial charge in [-0.3, -0.25) is 9.69 Å². The maximum Gasteiger partial charge on any atom is 0.216 e. The number of aliphatic hydroxyl groups excluding tert-OH is 1. The molecule has 5 nitrogen and oxygen atoms in total. The maximum absolute atomic E-state index is 13.0. The molecule has 154 valence electrons. The Morgan fingerprint density at radius 2 is 1.97 bits per heavy atom. The van der Waals surface area contributed by atoms with Gasteiger partial charge < -0.3 is 15.2 Å². The van der Waals surface area contributed by atoms with Crippen molar-refractivity contribution in [2.45, 2.75) is 18.9 Å². The van der Waals surface area contributed by atoms with E-state index in [2.05, 4.69) is 22.3 Å². The van der Waals surface area contributed by atoms with Crippen molar-refractivity contribution in [3.05, 3.63) is 66.0 Å². The highest BCUT2D eigenvalue weighted by Crippen LogP contribution is 2.68. The first-order valence-electron chi connectivity index (χ1n) is 10.1. The van der Waals surface area contributed by atoms with E-state index in [1.165, 1.54) is 24.6 Å². The molecule has 1 spiro atoms. The van der Waals surface area contributed by atoms with Crippen molar-refractivity contribution in [3.8, 4) is 5.75 Å². The van der Waals surface area contributed by atoms with Gasteiger partial charge in [-0.15, -0.1) is 0 Å². The van der Waals surface area contributed by atoms with E-state index < -0.39 is 6.10 Å². The highest BCUT2D eigenvalue weighted by molar-refractivity contribution is 5.72. The SMILES string of the molecule is CC(=O)NC[C@@H]1[C@@H](c2ccccc2)[C@]12CN(CCOc1ccc(F)cc1)C[C@H]2O. The average Bonchev–Trinajstić information content (AvgIpc) is 3.24. The van der Waals surface area contributed by atoms with E-state index in [1.54, 1.807) is 12.1 Å². The monoisotopic (exact) mass is 398 g/mol. The van der Waals surface area contributed by atoms with Crippen LogP contribution in [0.25, 0.3) is 0 Å². The number of β-amino-alcohol motifs (C(OH)–C–C–N with tert-alkyl or cyclic N) is 1. The lowest BCUT2D eigenvalue weighted by atomic mass is 9.95. The molecule has 2 aliphatic rings. The van der Waals surface area contributed by atoms with E-state index in [1.807, 2.05) is 18.2 Å². The Morgan fingerprint density at radius 1 is 1.24 bits per heavy atom. The Bertz CT molecular complexity index is 845. The van der Waals surface area contributed by atoms with Gasteiger partial charge in [0.05, 0.1) is 6.10 Å². The second kappa shape index (κ2) is 8.13. The Kier molecular flexibility index (Phi) is 5.56. The molecule has 0 unspecified atom stereocenters. The zero-order valence-electron chi connectivity index (χ0n) is 16.6. The summed E-state index contributed by atoms with van der Waals surface area (Å²) in [5.74, 6) is 0.752. The molecule has 1 saturated carbocycles. The number of hydrogen-bond donors (Lipinski definition) is 2. The summed E-state index contributed by atoms with van der Waals surface area (Å²) in [4.78, 5) is 13.7. The van der Waals surface area contributed by atoms with Crippen LogP contribution in [0.15, 0.2) is 54.6 Å². The number of likely N-dealkylation sites (tertiary alicyclic amines) is 1. The molecule has 2 aromatic rings. The predicted molar refractivity (Wildman–Crippen MR) is 108 cm³/mol. The number of carbonyl (C=O) groups excluding carboxylic acids is 1. The molecule has 1 aliphatic heterocycles. The molecule has 6 heteroatoms. The summed E-state index contributed by atoms with van der Waals surface area (Å²) >= 11 is 0. The predicted octanol–water partition coefficient (Wildman–Crippen LogP) is 2.42. The zero-order chi connectivity index (χ0) is 20.4. The summed E-state index contributed by atoms with van der Waals surface area (Å²) in [6.07, 6.45) is -0.447. The van der Waals surface area contributed by atoms with Crippen molar-refractivity contribution in [1.82, 2.24) is 10.2 Å². The maximum atomic E-state index is 13.0. The fourth-order valence-corrected chi connectivity index (χ4v) is 4.94. The van der Waals surface area contributed by atoms with Crippen molar-refractivity contribution in [2.24, 2.45) is 11.3 Å². The van der Waals surface area contributed by atoms with Crippen LogP contribution in [0, 0.1) is 17.2 Å². The Hall–Kier alpha value is -2.44. The third kappa shape index (κ3) is 4.00. The van der Waals surface area contributed by atoms with Crippen LogP contribution >= 0.6 is 0 Å². The lowest BCUT2D eigenvalue weighted by Gasteiger charge is -2.17. The van der Waals surface area contributed by atoms with Crippen molar-refractivity contribution in [1.29, 1.82) is 0 Å². The van der Waals surface area contributed by atoms with Crippen LogP contribution in [0.5, 0.6) is 5.75 Å². The van der Waals surface area contributed by atoms with Crippen molar-refractivity contribution >= 4 is 5.91 Å². The first kappa shape index (κ1) is 19.9. The number of nitrogens with zero attached hydrogens (tertiary/aromatic N) is 1. The summed E-state index contributed by atoms with van der Waals surface area (Å²) in [7, 11) is 0. The highest BCUT2D eigenvalue weighted by atomic mass is 19.1. The second-order valence-electron chi connectivity index (χ2n) is 8.10. The first-order valence-corrected chi connectivity index (χ1v) is 10.1. The van der Waals surface area contributed by atoms with Crippen molar-refractivity contribution < 1.29 is 19.0 Å². The normalized spacial score (nSPS) is 28.4. The quantitative estimate of drug-likeness (QED) is 0.752. The number of amides is 1. The van der Waals surface area contributed by atoms with Gasteiger partial charge in [-0.1, -0.05) is 30.3 Å². The van der Waals surface area contributed by atoms with E-state index in [9.17, 15) is 14.3 Å². The number of halogens is 1. The molecule has 1 heterocycles. The van der Waals surface area contributed by atoms with E-state index in [4.69, 9.17) is 4.74 Å². The molecule has 29 heavy (non-hydrogen) atoms. The van der Waals surface area contributed by atoms with Gasteiger partial charge in [-0.25, -0.2) is 4.39 Å². The standard InChI is InChI=1S/C23H27FN2O3/c1-16(27)25-13-20-22(17-5-3-2-4-6-17)23(20)15-26(14-21(23)28)11-12-29-19-9-7-18(24)8-10-19/h2-10,20-22,28H,11-15H2,1H3,(H,25,27)/t20-,21-,22-,23-/m1/s1. The minimum absolute atomic E-state index is 0.0455. The fraction of sp³-hybridized carbons (Fsp3) is 0.435. The lowest BCUT2D eigenvalue weighted by Crippen LogP contribution is -2.29. The number of carbonyl (C=O) groups is 1. The minimum Gasteiger partial charge on any atom is -0.492 e. The molecule has 0 radical (unpaired) electrons. The largest absolute Gasteiger partial charge is 0.492 e. The summed E-state index contributed by atoms with van der Waals surface area (Å²) in [6, 6.07) is 16.2. The summed E-state index contributed by atoms with van der Waals surface area (Å²) in [5.41, 5.74) is 0.978. The molecule has 1 saturated heterocycles. The molecule has 0 bridgehead atoms. The molecule has 2 aromatic carbocycles. The van der Waals surface area contributed by atoms with Crippen LogP contribution in [-0.2, 0) is 4.79 Å². The van der Waals surface area contributed by atoms with Gasteiger partial charge in [0.25, 0.3) is 0 Å². The molecule has 2 fully saturated rings. The van der Waals surface area contributed by atoms with Crippen LogP contribution in [0.1, 0.15) is 18.4 Å².